The first kappa shape index (κ1) is 13.6. The van der Waals surface area contributed by atoms with Gasteiger partial charge in [0.1, 0.15) is 0 Å². The van der Waals surface area contributed by atoms with Crippen molar-refractivity contribution in [3.05, 3.63) is 34.9 Å². The number of nitriles is 1. The summed E-state index contributed by atoms with van der Waals surface area (Å²) in [5.41, 5.74) is 8.39. The number of piperidine rings is 1. The molecule has 2 rings (SSSR count). The molecule has 1 aromatic rings. The van der Waals surface area contributed by atoms with Crippen LogP contribution in [0.15, 0.2) is 18.2 Å². The van der Waals surface area contributed by atoms with E-state index >= 15 is 0 Å². The molecule has 19 heavy (non-hydrogen) atoms. The van der Waals surface area contributed by atoms with E-state index in [9.17, 15) is 4.79 Å². The molecule has 1 heterocycles. The summed E-state index contributed by atoms with van der Waals surface area (Å²) in [5.74, 6) is -0.231. The van der Waals surface area contributed by atoms with Gasteiger partial charge in [-0.3, -0.25) is 9.69 Å². The number of carbonyl (C=O) groups is 1. The first-order valence-corrected chi connectivity index (χ1v) is 6.65. The molecule has 2 N–H and O–H groups in total. The minimum absolute atomic E-state index is 0.149. The van der Waals surface area contributed by atoms with Gasteiger partial charge < -0.3 is 5.73 Å². The van der Waals surface area contributed by atoms with Crippen LogP contribution in [0.4, 0.5) is 0 Å². The number of rotatable bonds is 3. The molecule has 1 atom stereocenters. The zero-order valence-electron chi connectivity index (χ0n) is 11.2. The molecule has 0 bridgehead atoms. The molecule has 0 aromatic heterocycles. The number of amides is 1. The van der Waals surface area contributed by atoms with Crippen LogP contribution >= 0.6 is 0 Å². The average molecular weight is 257 g/mol. The molecule has 100 valence electrons. The number of likely N-dealkylation sites (tertiary alicyclic amines) is 1. The lowest BCUT2D eigenvalue weighted by Gasteiger charge is -2.33. The second-order valence-electron chi connectivity index (χ2n) is 5.14. The molecular weight excluding hydrogens is 238 g/mol. The molecule has 1 aliphatic rings. The zero-order chi connectivity index (χ0) is 13.8. The topological polar surface area (TPSA) is 70.1 Å². The number of hydrogen-bond donors (Lipinski definition) is 1. The lowest BCUT2D eigenvalue weighted by Crippen LogP contribution is -2.47. The van der Waals surface area contributed by atoms with Gasteiger partial charge in [-0.2, -0.15) is 5.26 Å². The van der Waals surface area contributed by atoms with Crippen LogP contribution in [-0.4, -0.2) is 23.4 Å². The molecule has 0 aliphatic carbocycles. The summed E-state index contributed by atoms with van der Waals surface area (Å²) in [7, 11) is 0. The smallest absolute Gasteiger partial charge is 0.234 e. The first-order valence-electron chi connectivity index (χ1n) is 6.65. The minimum atomic E-state index is -0.231. The number of primary amides is 1. The Morgan fingerprint density at radius 1 is 1.53 bits per heavy atom. The Hall–Kier alpha value is -1.86. The van der Waals surface area contributed by atoms with Gasteiger partial charge in [0, 0.05) is 6.54 Å². The van der Waals surface area contributed by atoms with Gasteiger partial charge in [0.05, 0.1) is 17.7 Å². The summed E-state index contributed by atoms with van der Waals surface area (Å²) in [6, 6.07) is 7.67. The van der Waals surface area contributed by atoms with Gasteiger partial charge in [-0.1, -0.05) is 12.5 Å². The lowest BCUT2D eigenvalue weighted by atomic mass is 9.99. The van der Waals surface area contributed by atoms with E-state index in [-0.39, 0.29) is 11.9 Å². The van der Waals surface area contributed by atoms with Crippen molar-refractivity contribution in [1.82, 2.24) is 4.90 Å². The van der Waals surface area contributed by atoms with E-state index in [1.165, 1.54) is 0 Å². The van der Waals surface area contributed by atoms with Crippen molar-refractivity contribution in [1.29, 1.82) is 5.26 Å². The van der Waals surface area contributed by atoms with Crippen LogP contribution in [0.3, 0.4) is 0 Å². The third-order valence-corrected chi connectivity index (χ3v) is 3.79. The van der Waals surface area contributed by atoms with Crippen molar-refractivity contribution < 1.29 is 4.79 Å². The molecular formula is C15H19N3O. The lowest BCUT2D eigenvalue weighted by molar-refractivity contribution is -0.124. The number of nitrogens with two attached hydrogens (primary N) is 1. The van der Waals surface area contributed by atoms with Gasteiger partial charge in [-0.25, -0.2) is 0 Å². The third kappa shape index (κ3) is 3.12. The summed E-state index contributed by atoms with van der Waals surface area (Å²) in [5, 5.41) is 8.87. The van der Waals surface area contributed by atoms with E-state index in [2.05, 4.69) is 11.0 Å². The molecule has 0 radical (unpaired) electrons. The van der Waals surface area contributed by atoms with Crippen molar-refractivity contribution >= 4 is 5.91 Å². The normalized spacial score (nSPS) is 19.9. The van der Waals surface area contributed by atoms with Crippen LogP contribution in [0, 0.1) is 18.3 Å². The number of nitrogens with zero attached hydrogens (tertiary/aromatic N) is 2. The Balaban J connectivity index is 2.15. The third-order valence-electron chi connectivity index (χ3n) is 3.79. The molecule has 1 fully saturated rings. The van der Waals surface area contributed by atoms with Gasteiger partial charge in [-0.15, -0.1) is 0 Å². The Bertz CT molecular complexity index is 519. The highest BCUT2D eigenvalue weighted by Crippen LogP contribution is 2.21. The van der Waals surface area contributed by atoms with E-state index in [0.717, 1.165) is 43.5 Å². The van der Waals surface area contributed by atoms with Crippen LogP contribution in [0.1, 0.15) is 36.0 Å². The van der Waals surface area contributed by atoms with Crippen LogP contribution in [0.5, 0.6) is 0 Å². The quantitative estimate of drug-likeness (QED) is 0.896. The van der Waals surface area contributed by atoms with Gasteiger partial charge >= 0.3 is 0 Å². The number of hydrogen-bond acceptors (Lipinski definition) is 3. The Morgan fingerprint density at radius 2 is 2.32 bits per heavy atom. The van der Waals surface area contributed by atoms with E-state index in [4.69, 9.17) is 11.0 Å². The van der Waals surface area contributed by atoms with E-state index in [1.54, 1.807) is 0 Å². The fourth-order valence-corrected chi connectivity index (χ4v) is 2.66. The molecule has 4 nitrogen and oxygen atoms in total. The standard InChI is InChI=1S/C15H19N3O/c1-11-8-12(9-16)5-6-13(11)10-18-7-3-2-4-14(18)15(17)19/h5-6,8,14H,2-4,7,10H2,1H3,(H2,17,19). The molecule has 1 aromatic carbocycles. The van der Waals surface area contributed by atoms with Gasteiger partial charge in [0.15, 0.2) is 0 Å². The second kappa shape index (κ2) is 5.85. The summed E-state index contributed by atoms with van der Waals surface area (Å²) in [4.78, 5) is 13.6. The van der Waals surface area contributed by atoms with Gasteiger partial charge in [0.2, 0.25) is 5.91 Å². The van der Waals surface area contributed by atoms with E-state index < -0.39 is 0 Å². The Labute approximate surface area is 113 Å². The highest BCUT2D eigenvalue weighted by atomic mass is 16.1. The van der Waals surface area contributed by atoms with E-state index in [0.29, 0.717) is 5.56 Å². The monoisotopic (exact) mass is 257 g/mol. The molecule has 0 spiro atoms. The zero-order valence-corrected chi connectivity index (χ0v) is 11.2. The first-order chi connectivity index (χ1) is 9.11. The second-order valence-corrected chi connectivity index (χ2v) is 5.14. The largest absolute Gasteiger partial charge is 0.368 e. The maximum absolute atomic E-state index is 11.5. The van der Waals surface area contributed by atoms with Crippen LogP contribution in [0.2, 0.25) is 0 Å². The molecule has 1 unspecified atom stereocenters. The fourth-order valence-electron chi connectivity index (χ4n) is 2.66. The maximum atomic E-state index is 11.5. The molecule has 0 saturated carbocycles. The fraction of sp³-hybridized carbons (Fsp3) is 0.467. The predicted molar refractivity (Wildman–Crippen MR) is 73.1 cm³/mol. The molecule has 1 aliphatic heterocycles. The number of aryl methyl sites for hydroxylation is 1. The Morgan fingerprint density at radius 3 is 2.95 bits per heavy atom. The van der Waals surface area contributed by atoms with Crippen molar-refractivity contribution in [2.75, 3.05) is 6.54 Å². The molecule has 1 amide bonds. The van der Waals surface area contributed by atoms with Crippen molar-refractivity contribution in [2.45, 2.75) is 38.8 Å². The number of benzene rings is 1. The number of carbonyl (C=O) groups excluding carboxylic acids is 1. The SMILES string of the molecule is Cc1cc(C#N)ccc1CN1CCCCC1C(N)=O. The van der Waals surface area contributed by atoms with Crippen molar-refractivity contribution in [3.63, 3.8) is 0 Å². The molecule has 4 heteroatoms. The summed E-state index contributed by atoms with van der Waals surface area (Å²) in [6.45, 7) is 3.64. The van der Waals surface area contributed by atoms with Gasteiger partial charge in [0.25, 0.3) is 0 Å². The summed E-state index contributed by atoms with van der Waals surface area (Å²) < 4.78 is 0. The van der Waals surface area contributed by atoms with Crippen LogP contribution in [0.25, 0.3) is 0 Å². The van der Waals surface area contributed by atoms with Crippen molar-refractivity contribution in [2.24, 2.45) is 5.73 Å². The summed E-state index contributed by atoms with van der Waals surface area (Å²) in [6.07, 6.45) is 3.03. The average Bonchev–Trinajstić information content (AvgIpc) is 2.41. The summed E-state index contributed by atoms with van der Waals surface area (Å²) >= 11 is 0. The van der Waals surface area contributed by atoms with Crippen LogP contribution in [-0.2, 0) is 11.3 Å². The van der Waals surface area contributed by atoms with Gasteiger partial charge in [-0.05, 0) is 49.6 Å². The highest BCUT2D eigenvalue weighted by molar-refractivity contribution is 5.79. The van der Waals surface area contributed by atoms with Crippen molar-refractivity contribution in [3.8, 4) is 6.07 Å². The molecule has 1 saturated heterocycles. The minimum Gasteiger partial charge on any atom is -0.368 e. The van der Waals surface area contributed by atoms with Crippen LogP contribution < -0.4 is 5.73 Å². The van der Waals surface area contributed by atoms with E-state index in [1.807, 2.05) is 25.1 Å². The predicted octanol–water partition coefficient (Wildman–Crippen LogP) is 1.71. The maximum Gasteiger partial charge on any atom is 0.234 e. The Kier molecular flexibility index (Phi) is 4.18. The highest BCUT2D eigenvalue weighted by Gasteiger charge is 2.26.